The lowest BCUT2D eigenvalue weighted by molar-refractivity contribution is 0.485. The van der Waals surface area contributed by atoms with E-state index < -0.39 is 0 Å². The van der Waals surface area contributed by atoms with Crippen LogP contribution in [0, 0.1) is 17.8 Å². The van der Waals surface area contributed by atoms with Gasteiger partial charge < -0.3 is 0 Å². The maximum Gasteiger partial charge on any atom is 0.0263 e. The third-order valence-electron chi connectivity index (χ3n) is 2.13. The van der Waals surface area contributed by atoms with Gasteiger partial charge in [-0.3, -0.25) is 0 Å². The summed E-state index contributed by atoms with van der Waals surface area (Å²) in [7, 11) is 0. The van der Waals surface area contributed by atoms with Gasteiger partial charge in [0.15, 0.2) is 0 Å². The minimum atomic E-state index is 0.148. The average molecular weight is 176 g/mol. The Balaban J connectivity index is 5.36. The average Bonchev–Trinajstić information content (AvgIpc) is 1.96. The molecule has 0 heteroatoms. The number of terminal acetylenes is 1. The lowest BCUT2D eigenvalue weighted by Gasteiger charge is -2.24. The monoisotopic (exact) mass is 176 g/mol. The summed E-state index contributed by atoms with van der Waals surface area (Å²) in [6.07, 6.45) is 6.47. The number of allylic oxidation sites excluding steroid dienone is 3. The zero-order valence-corrected chi connectivity index (χ0v) is 9.49. The van der Waals surface area contributed by atoms with Gasteiger partial charge in [0.1, 0.15) is 0 Å². The molecule has 0 aliphatic rings. The van der Waals surface area contributed by atoms with Gasteiger partial charge in [-0.15, -0.1) is 6.42 Å². The van der Waals surface area contributed by atoms with E-state index in [9.17, 15) is 0 Å². The highest BCUT2D eigenvalue weighted by atomic mass is 14.2. The van der Waals surface area contributed by atoms with Crippen LogP contribution < -0.4 is 0 Å². The maximum absolute atomic E-state index is 5.48. The van der Waals surface area contributed by atoms with E-state index in [4.69, 9.17) is 6.42 Å². The molecular formula is C13H20. The second-order valence-corrected chi connectivity index (χ2v) is 4.38. The van der Waals surface area contributed by atoms with Gasteiger partial charge in [-0.2, -0.15) is 0 Å². The molecule has 0 unspecified atom stereocenters. The topological polar surface area (TPSA) is 0 Å². The molecule has 0 spiro atoms. The fraction of sp³-hybridized carbons (Fsp3) is 0.538. The first-order valence-electron chi connectivity index (χ1n) is 4.70. The van der Waals surface area contributed by atoms with E-state index in [2.05, 4.69) is 40.2 Å². The van der Waals surface area contributed by atoms with Gasteiger partial charge in [-0.25, -0.2) is 0 Å². The second kappa shape index (κ2) is 4.33. The Hall–Kier alpha value is -0.960. The Morgan fingerprint density at radius 3 is 1.92 bits per heavy atom. The van der Waals surface area contributed by atoms with E-state index >= 15 is 0 Å². The summed E-state index contributed by atoms with van der Waals surface area (Å²) >= 11 is 0. The highest BCUT2D eigenvalue weighted by Crippen LogP contribution is 2.32. The number of rotatable bonds is 2. The van der Waals surface area contributed by atoms with Crippen LogP contribution in [0.4, 0.5) is 0 Å². The van der Waals surface area contributed by atoms with Crippen molar-refractivity contribution in [2.24, 2.45) is 5.41 Å². The summed E-state index contributed by atoms with van der Waals surface area (Å²) in [4.78, 5) is 0. The van der Waals surface area contributed by atoms with Crippen LogP contribution in [0.2, 0.25) is 0 Å². The van der Waals surface area contributed by atoms with Crippen molar-refractivity contribution in [3.05, 3.63) is 23.3 Å². The van der Waals surface area contributed by atoms with E-state index in [0.29, 0.717) is 0 Å². The molecular weight excluding hydrogens is 156 g/mol. The van der Waals surface area contributed by atoms with Crippen molar-refractivity contribution < 1.29 is 0 Å². The van der Waals surface area contributed by atoms with Crippen LogP contribution in [0.15, 0.2) is 23.3 Å². The fourth-order valence-electron chi connectivity index (χ4n) is 1.55. The molecule has 0 aromatic carbocycles. The zero-order chi connectivity index (χ0) is 10.6. The smallest absolute Gasteiger partial charge is 0.0263 e. The molecule has 0 nitrogen and oxygen atoms in total. The first-order valence-corrected chi connectivity index (χ1v) is 4.70. The summed E-state index contributed by atoms with van der Waals surface area (Å²) in [5.41, 5.74) is 3.46. The van der Waals surface area contributed by atoms with Crippen LogP contribution >= 0.6 is 0 Å². The molecule has 0 aliphatic carbocycles. The number of hydrogen-bond acceptors (Lipinski definition) is 0. The van der Waals surface area contributed by atoms with Gasteiger partial charge in [0, 0.05) is 5.57 Å². The first kappa shape index (κ1) is 12.0. The Kier molecular flexibility index (Phi) is 4.01. The van der Waals surface area contributed by atoms with Crippen molar-refractivity contribution in [3.8, 4) is 12.3 Å². The van der Waals surface area contributed by atoms with Crippen LogP contribution in [0.25, 0.3) is 0 Å². The van der Waals surface area contributed by atoms with Gasteiger partial charge in [0.05, 0.1) is 0 Å². The van der Waals surface area contributed by atoms with Crippen molar-refractivity contribution in [3.63, 3.8) is 0 Å². The summed E-state index contributed by atoms with van der Waals surface area (Å²) in [6, 6.07) is 0. The van der Waals surface area contributed by atoms with Crippen molar-refractivity contribution in [1.82, 2.24) is 0 Å². The Morgan fingerprint density at radius 1 is 1.38 bits per heavy atom. The summed E-state index contributed by atoms with van der Waals surface area (Å²) in [6.45, 7) is 14.6. The second-order valence-electron chi connectivity index (χ2n) is 4.38. The minimum absolute atomic E-state index is 0.148. The molecule has 0 aliphatic heterocycles. The quantitative estimate of drug-likeness (QED) is 0.441. The predicted molar refractivity (Wildman–Crippen MR) is 60.4 cm³/mol. The minimum Gasteiger partial charge on any atom is -0.115 e. The third-order valence-corrected chi connectivity index (χ3v) is 2.13. The molecule has 0 heterocycles. The van der Waals surface area contributed by atoms with Gasteiger partial charge in [0.25, 0.3) is 0 Å². The van der Waals surface area contributed by atoms with Crippen molar-refractivity contribution in [2.75, 3.05) is 0 Å². The van der Waals surface area contributed by atoms with E-state index in [-0.39, 0.29) is 5.41 Å². The maximum atomic E-state index is 5.48. The molecule has 0 aromatic heterocycles. The van der Waals surface area contributed by atoms with Crippen LogP contribution in [0.5, 0.6) is 0 Å². The molecule has 0 amide bonds. The molecule has 0 saturated carbocycles. The molecule has 0 N–H and O–H groups in total. The molecule has 13 heavy (non-hydrogen) atoms. The van der Waals surface area contributed by atoms with Crippen LogP contribution in [0.1, 0.15) is 41.0 Å². The van der Waals surface area contributed by atoms with Crippen LogP contribution in [-0.4, -0.2) is 0 Å². The molecule has 0 radical (unpaired) electrons. The van der Waals surface area contributed by atoms with Crippen LogP contribution in [-0.2, 0) is 0 Å². The lowest BCUT2D eigenvalue weighted by atomic mass is 9.80. The molecule has 72 valence electrons. The van der Waals surface area contributed by atoms with Gasteiger partial charge in [-0.05, 0) is 29.9 Å². The van der Waals surface area contributed by atoms with E-state index in [1.54, 1.807) is 0 Å². The highest BCUT2D eigenvalue weighted by molar-refractivity contribution is 5.46. The van der Waals surface area contributed by atoms with Gasteiger partial charge in [-0.1, -0.05) is 40.2 Å². The molecule has 0 rings (SSSR count). The summed E-state index contributed by atoms with van der Waals surface area (Å²) in [5.74, 6) is 2.74. The number of hydrogen-bond donors (Lipinski definition) is 0. The zero-order valence-electron chi connectivity index (χ0n) is 9.49. The molecule has 0 aromatic rings. The molecule has 0 saturated heterocycles. The fourth-order valence-corrected chi connectivity index (χ4v) is 1.55. The van der Waals surface area contributed by atoms with Crippen LogP contribution in [0.3, 0.4) is 0 Å². The normalized spacial score (nSPS) is 13.2. The van der Waals surface area contributed by atoms with E-state index in [1.165, 1.54) is 5.57 Å². The van der Waals surface area contributed by atoms with Crippen molar-refractivity contribution >= 4 is 0 Å². The predicted octanol–water partition coefficient (Wildman–Crippen LogP) is 3.95. The van der Waals surface area contributed by atoms with Crippen molar-refractivity contribution in [1.29, 1.82) is 0 Å². The highest BCUT2D eigenvalue weighted by Gasteiger charge is 2.18. The van der Waals surface area contributed by atoms with Gasteiger partial charge >= 0.3 is 0 Å². The summed E-state index contributed by atoms with van der Waals surface area (Å²) in [5, 5.41) is 0. The van der Waals surface area contributed by atoms with Crippen molar-refractivity contribution in [2.45, 2.75) is 41.0 Å². The standard InChI is InChI=1S/C13H20/c1-8-11(10(3)4)12(9-2)13(5,6)7/h1H,3,9H2,2,4-7H3/b12-11+. The molecule has 0 atom stereocenters. The van der Waals surface area contributed by atoms with E-state index in [0.717, 1.165) is 17.6 Å². The third kappa shape index (κ3) is 3.11. The largest absolute Gasteiger partial charge is 0.115 e. The molecule has 0 bridgehead atoms. The SMILES string of the molecule is C#C/C(C(=C)C)=C(/CC)C(C)(C)C. The Labute approximate surface area is 82.7 Å². The molecule has 0 fully saturated rings. The lowest BCUT2D eigenvalue weighted by Crippen LogP contribution is -2.11. The Bertz CT molecular complexity index is 263. The first-order chi connectivity index (χ1) is 5.84. The summed E-state index contributed by atoms with van der Waals surface area (Å²) < 4.78 is 0. The van der Waals surface area contributed by atoms with Gasteiger partial charge in [0.2, 0.25) is 0 Å². The Morgan fingerprint density at radius 2 is 1.85 bits per heavy atom. The van der Waals surface area contributed by atoms with E-state index in [1.807, 2.05) is 6.92 Å².